The standard InChI is InChI=1S/C10H17BrO/c1-9(2)5-7(12)8(11)10(3,4)6-9/h8H,5-6H2,1-4H3/t8-/m1/s1. The molecule has 12 heavy (non-hydrogen) atoms. The summed E-state index contributed by atoms with van der Waals surface area (Å²) in [4.78, 5) is 11.6. The van der Waals surface area contributed by atoms with Crippen molar-refractivity contribution in [2.75, 3.05) is 0 Å². The number of halogens is 1. The molecule has 0 heterocycles. The van der Waals surface area contributed by atoms with Crippen molar-refractivity contribution in [3.05, 3.63) is 0 Å². The molecule has 0 amide bonds. The first kappa shape index (κ1) is 10.2. The molecule has 1 aliphatic rings. The van der Waals surface area contributed by atoms with E-state index in [0.717, 1.165) is 6.42 Å². The molecule has 1 aliphatic carbocycles. The van der Waals surface area contributed by atoms with Gasteiger partial charge in [0.1, 0.15) is 5.78 Å². The monoisotopic (exact) mass is 232 g/mol. The normalized spacial score (nSPS) is 33.4. The molecule has 1 atom stereocenters. The van der Waals surface area contributed by atoms with E-state index in [0.29, 0.717) is 12.2 Å². The summed E-state index contributed by atoms with van der Waals surface area (Å²) in [6.07, 6.45) is 1.83. The molecule has 0 aromatic rings. The zero-order chi connectivity index (χ0) is 9.57. The van der Waals surface area contributed by atoms with E-state index < -0.39 is 0 Å². The van der Waals surface area contributed by atoms with Crippen LogP contribution in [-0.2, 0) is 4.79 Å². The summed E-state index contributed by atoms with van der Waals surface area (Å²) in [5.74, 6) is 0.358. The molecule has 70 valence electrons. The number of carbonyl (C=O) groups excluding carboxylic acids is 1. The van der Waals surface area contributed by atoms with Crippen LogP contribution in [0, 0.1) is 10.8 Å². The van der Waals surface area contributed by atoms with Crippen LogP contribution in [-0.4, -0.2) is 10.6 Å². The minimum atomic E-state index is 0.0537. The molecular weight excluding hydrogens is 216 g/mol. The van der Waals surface area contributed by atoms with Gasteiger partial charge in [0.25, 0.3) is 0 Å². The van der Waals surface area contributed by atoms with Crippen LogP contribution in [0.1, 0.15) is 40.5 Å². The maximum absolute atomic E-state index is 11.6. The average Bonchev–Trinajstić information content (AvgIpc) is 1.79. The molecule has 0 aliphatic heterocycles. The number of Topliss-reactive ketones (excluding diaryl/α,β-unsaturated/α-hetero) is 1. The van der Waals surface area contributed by atoms with Crippen molar-refractivity contribution < 1.29 is 4.79 Å². The van der Waals surface area contributed by atoms with E-state index >= 15 is 0 Å². The Morgan fingerprint density at radius 1 is 1.33 bits per heavy atom. The summed E-state index contributed by atoms with van der Waals surface area (Å²) in [6.45, 7) is 8.66. The number of hydrogen-bond donors (Lipinski definition) is 0. The highest BCUT2D eigenvalue weighted by atomic mass is 79.9. The van der Waals surface area contributed by atoms with Gasteiger partial charge in [-0.2, -0.15) is 0 Å². The fraction of sp³-hybridized carbons (Fsp3) is 0.900. The summed E-state index contributed by atoms with van der Waals surface area (Å²) in [7, 11) is 0. The molecule has 0 saturated heterocycles. The summed E-state index contributed by atoms with van der Waals surface area (Å²) in [6, 6.07) is 0. The van der Waals surface area contributed by atoms with E-state index in [1.807, 2.05) is 0 Å². The second-order valence-corrected chi connectivity index (χ2v) is 6.25. The highest BCUT2D eigenvalue weighted by Crippen LogP contribution is 2.46. The van der Waals surface area contributed by atoms with Crippen molar-refractivity contribution in [3.8, 4) is 0 Å². The van der Waals surface area contributed by atoms with E-state index in [9.17, 15) is 4.79 Å². The molecule has 2 heteroatoms. The zero-order valence-electron chi connectivity index (χ0n) is 8.28. The molecule has 1 rings (SSSR count). The second kappa shape index (κ2) is 2.83. The maximum atomic E-state index is 11.6. The van der Waals surface area contributed by atoms with Gasteiger partial charge in [-0.05, 0) is 17.3 Å². The Labute approximate surface area is 83.0 Å². The Kier molecular flexibility index (Phi) is 2.41. The van der Waals surface area contributed by atoms with Gasteiger partial charge in [0.2, 0.25) is 0 Å². The van der Waals surface area contributed by atoms with E-state index in [-0.39, 0.29) is 15.7 Å². The fourth-order valence-electron chi connectivity index (χ4n) is 2.38. The molecule has 1 nitrogen and oxygen atoms in total. The predicted octanol–water partition coefficient (Wildman–Crippen LogP) is 3.17. The molecule has 1 saturated carbocycles. The van der Waals surface area contributed by atoms with Gasteiger partial charge >= 0.3 is 0 Å². The highest BCUT2D eigenvalue weighted by molar-refractivity contribution is 9.10. The van der Waals surface area contributed by atoms with Gasteiger partial charge in [-0.25, -0.2) is 0 Å². The minimum absolute atomic E-state index is 0.0537. The van der Waals surface area contributed by atoms with Crippen molar-refractivity contribution >= 4 is 21.7 Å². The van der Waals surface area contributed by atoms with Crippen LogP contribution in [0.5, 0.6) is 0 Å². The number of rotatable bonds is 0. The van der Waals surface area contributed by atoms with Crippen LogP contribution in [0.4, 0.5) is 0 Å². The maximum Gasteiger partial charge on any atom is 0.147 e. The van der Waals surface area contributed by atoms with Crippen LogP contribution in [0.15, 0.2) is 0 Å². The Morgan fingerprint density at radius 3 is 2.25 bits per heavy atom. The summed E-state index contributed by atoms with van der Waals surface area (Å²) >= 11 is 3.48. The van der Waals surface area contributed by atoms with Gasteiger partial charge in [0.15, 0.2) is 0 Å². The van der Waals surface area contributed by atoms with Gasteiger partial charge < -0.3 is 0 Å². The molecule has 0 radical (unpaired) electrons. The SMILES string of the molecule is CC1(C)CC(=O)[C@@H](Br)C(C)(C)C1. The van der Waals surface area contributed by atoms with E-state index in [2.05, 4.69) is 43.6 Å². The van der Waals surface area contributed by atoms with Gasteiger partial charge in [-0.1, -0.05) is 43.6 Å². The first-order chi connectivity index (χ1) is 5.25. The Hall–Kier alpha value is 0.150. The number of hydrogen-bond acceptors (Lipinski definition) is 1. The molecule has 0 N–H and O–H groups in total. The molecular formula is C10H17BrO. The zero-order valence-corrected chi connectivity index (χ0v) is 9.86. The first-order valence-corrected chi connectivity index (χ1v) is 5.33. The van der Waals surface area contributed by atoms with Crippen molar-refractivity contribution in [3.63, 3.8) is 0 Å². The van der Waals surface area contributed by atoms with Crippen LogP contribution < -0.4 is 0 Å². The van der Waals surface area contributed by atoms with E-state index in [4.69, 9.17) is 0 Å². The summed E-state index contributed by atoms with van der Waals surface area (Å²) in [5.41, 5.74) is 0.295. The summed E-state index contributed by atoms with van der Waals surface area (Å²) in [5, 5.41) is 0. The quantitative estimate of drug-likeness (QED) is 0.587. The van der Waals surface area contributed by atoms with Crippen LogP contribution in [0.3, 0.4) is 0 Å². The Morgan fingerprint density at radius 2 is 1.83 bits per heavy atom. The van der Waals surface area contributed by atoms with Crippen molar-refractivity contribution in [2.45, 2.75) is 45.4 Å². The predicted molar refractivity (Wildman–Crippen MR) is 54.5 cm³/mol. The molecule has 0 unspecified atom stereocenters. The van der Waals surface area contributed by atoms with Gasteiger partial charge in [-0.3, -0.25) is 4.79 Å². The fourth-order valence-corrected chi connectivity index (χ4v) is 2.71. The largest absolute Gasteiger partial charge is 0.298 e. The minimum Gasteiger partial charge on any atom is -0.298 e. The van der Waals surface area contributed by atoms with E-state index in [1.165, 1.54) is 0 Å². The lowest BCUT2D eigenvalue weighted by Crippen LogP contribution is -2.43. The smallest absolute Gasteiger partial charge is 0.147 e. The lowest BCUT2D eigenvalue weighted by molar-refractivity contribution is -0.125. The molecule has 1 fully saturated rings. The average molecular weight is 233 g/mol. The third kappa shape index (κ3) is 1.90. The number of ketones is 1. The van der Waals surface area contributed by atoms with Crippen LogP contribution in [0.25, 0.3) is 0 Å². The summed E-state index contributed by atoms with van der Waals surface area (Å²) < 4.78 is 0. The van der Waals surface area contributed by atoms with E-state index in [1.54, 1.807) is 0 Å². The number of carbonyl (C=O) groups is 1. The lowest BCUT2D eigenvalue weighted by atomic mass is 9.65. The second-order valence-electron chi connectivity index (χ2n) is 5.34. The molecule has 0 spiro atoms. The van der Waals surface area contributed by atoms with Crippen molar-refractivity contribution in [2.24, 2.45) is 10.8 Å². The van der Waals surface area contributed by atoms with Gasteiger partial charge in [-0.15, -0.1) is 0 Å². The Balaban J connectivity index is 2.87. The number of alkyl halides is 1. The molecule has 0 aromatic carbocycles. The molecule has 0 bridgehead atoms. The van der Waals surface area contributed by atoms with Crippen molar-refractivity contribution in [1.29, 1.82) is 0 Å². The van der Waals surface area contributed by atoms with Gasteiger partial charge in [0, 0.05) is 6.42 Å². The van der Waals surface area contributed by atoms with Crippen LogP contribution >= 0.6 is 15.9 Å². The lowest BCUT2D eigenvalue weighted by Gasteiger charge is -2.42. The highest BCUT2D eigenvalue weighted by Gasteiger charge is 2.44. The van der Waals surface area contributed by atoms with Gasteiger partial charge in [0.05, 0.1) is 4.83 Å². The third-order valence-corrected chi connectivity index (χ3v) is 4.31. The van der Waals surface area contributed by atoms with Crippen molar-refractivity contribution in [1.82, 2.24) is 0 Å². The molecule has 0 aromatic heterocycles. The Bertz CT molecular complexity index is 206. The first-order valence-electron chi connectivity index (χ1n) is 4.41. The topological polar surface area (TPSA) is 17.1 Å². The third-order valence-electron chi connectivity index (χ3n) is 2.56. The van der Waals surface area contributed by atoms with Crippen LogP contribution in [0.2, 0.25) is 0 Å².